The van der Waals surface area contributed by atoms with Gasteiger partial charge in [0, 0.05) is 5.54 Å². The van der Waals surface area contributed by atoms with E-state index in [1.807, 2.05) is 0 Å². The Morgan fingerprint density at radius 1 is 1.28 bits per heavy atom. The molecule has 0 amide bonds. The van der Waals surface area contributed by atoms with Gasteiger partial charge in [-0.2, -0.15) is 0 Å². The van der Waals surface area contributed by atoms with Gasteiger partial charge in [0.2, 0.25) is 0 Å². The van der Waals surface area contributed by atoms with Crippen molar-refractivity contribution in [3.8, 4) is 5.75 Å². The molecule has 0 aliphatic heterocycles. The van der Waals surface area contributed by atoms with Crippen LogP contribution in [-0.2, 0) is 0 Å². The zero-order valence-corrected chi connectivity index (χ0v) is 12.8. The third-order valence-corrected chi connectivity index (χ3v) is 3.00. The summed E-state index contributed by atoms with van der Waals surface area (Å²) >= 11 is 3.28. The SMILES string of the molecule is CC(C)(C)NCCCCOc1ccc(F)cc1Br. The normalized spacial score (nSPS) is 11.6. The van der Waals surface area contributed by atoms with E-state index in [-0.39, 0.29) is 11.4 Å². The van der Waals surface area contributed by atoms with Crippen LogP contribution in [0.3, 0.4) is 0 Å². The zero-order valence-electron chi connectivity index (χ0n) is 11.2. The molecule has 0 aliphatic carbocycles. The molecule has 1 aromatic rings. The minimum Gasteiger partial charge on any atom is -0.492 e. The summed E-state index contributed by atoms with van der Waals surface area (Å²) in [6.07, 6.45) is 2.04. The molecule has 0 radical (unpaired) electrons. The van der Waals surface area contributed by atoms with E-state index >= 15 is 0 Å². The number of ether oxygens (including phenoxy) is 1. The van der Waals surface area contributed by atoms with Crippen LogP contribution in [0.4, 0.5) is 4.39 Å². The Labute approximate surface area is 117 Å². The summed E-state index contributed by atoms with van der Waals surface area (Å²) in [5.41, 5.74) is 0.168. The van der Waals surface area contributed by atoms with Gasteiger partial charge in [-0.15, -0.1) is 0 Å². The van der Waals surface area contributed by atoms with Crippen molar-refractivity contribution in [2.75, 3.05) is 13.2 Å². The van der Waals surface area contributed by atoms with Crippen LogP contribution < -0.4 is 10.1 Å². The average molecular weight is 318 g/mol. The topological polar surface area (TPSA) is 21.3 Å². The number of unbranched alkanes of at least 4 members (excludes halogenated alkanes) is 1. The predicted octanol–water partition coefficient (Wildman–Crippen LogP) is 4.14. The number of benzene rings is 1. The Bertz CT molecular complexity index is 377. The lowest BCUT2D eigenvalue weighted by molar-refractivity contribution is 0.299. The molecule has 2 nitrogen and oxygen atoms in total. The average Bonchev–Trinajstić information content (AvgIpc) is 2.24. The van der Waals surface area contributed by atoms with Crippen LogP contribution in [0.5, 0.6) is 5.75 Å². The van der Waals surface area contributed by atoms with Gasteiger partial charge >= 0.3 is 0 Å². The minimum atomic E-state index is -0.261. The Morgan fingerprint density at radius 2 is 2.00 bits per heavy atom. The molecule has 0 unspecified atom stereocenters. The predicted molar refractivity (Wildman–Crippen MR) is 76.6 cm³/mol. The molecule has 1 aromatic carbocycles. The number of nitrogens with one attached hydrogen (secondary N) is 1. The molecule has 4 heteroatoms. The summed E-state index contributed by atoms with van der Waals surface area (Å²) in [6, 6.07) is 4.46. The van der Waals surface area contributed by atoms with E-state index in [1.54, 1.807) is 6.07 Å². The minimum absolute atomic E-state index is 0.168. The Morgan fingerprint density at radius 3 is 2.61 bits per heavy atom. The summed E-state index contributed by atoms with van der Waals surface area (Å²) in [5.74, 6) is 0.434. The molecule has 0 atom stereocenters. The van der Waals surface area contributed by atoms with Crippen LogP contribution in [-0.4, -0.2) is 18.7 Å². The fraction of sp³-hybridized carbons (Fsp3) is 0.571. The summed E-state index contributed by atoms with van der Waals surface area (Å²) in [6.45, 7) is 8.09. The second-order valence-corrected chi connectivity index (χ2v) is 6.16. The van der Waals surface area contributed by atoms with Crippen LogP contribution in [0.15, 0.2) is 22.7 Å². The van der Waals surface area contributed by atoms with E-state index in [2.05, 4.69) is 42.0 Å². The molecule has 18 heavy (non-hydrogen) atoms. The molecule has 1 rings (SSSR count). The summed E-state index contributed by atoms with van der Waals surface area (Å²) in [7, 11) is 0. The Kier molecular flexibility index (Phi) is 6.09. The van der Waals surface area contributed by atoms with Gasteiger partial charge in [-0.1, -0.05) is 0 Å². The Hall–Kier alpha value is -0.610. The van der Waals surface area contributed by atoms with E-state index in [4.69, 9.17) is 4.74 Å². The molecule has 0 saturated carbocycles. The van der Waals surface area contributed by atoms with Crippen molar-refractivity contribution in [2.45, 2.75) is 39.2 Å². The highest BCUT2D eigenvalue weighted by atomic mass is 79.9. The van der Waals surface area contributed by atoms with Crippen molar-refractivity contribution in [2.24, 2.45) is 0 Å². The fourth-order valence-electron chi connectivity index (χ4n) is 1.46. The maximum atomic E-state index is 12.9. The number of hydrogen-bond donors (Lipinski definition) is 1. The molecular weight excluding hydrogens is 297 g/mol. The number of hydrogen-bond acceptors (Lipinski definition) is 2. The van der Waals surface area contributed by atoms with Gasteiger partial charge in [0.25, 0.3) is 0 Å². The highest BCUT2D eigenvalue weighted by Crippen LogP contribution is 2.25. The first-order valence-corrected chi connectivity index (χ1v) is 7.01. The lowest BCUT2D eigenvalue weighted by atomic mass is 10.1. The summed E-state index contributed by atoms with van der Waals surface area (Å²) in [5, 5.41) is 3.42. The molecule has 0 saturated heterocycles. The van der Waals surface area contributed by atoms with E-state index < -0.39 is 0 Å². The molecular formula is C14H21BrFNO. The van der Waals surface area contributed by atoms with Crippen molar-refractivity contribution in [3.63, 3.8) is 0 Å². The molecule has 0 spiro atoms. The maximum Gasteiger partial charge on any atom is 0.133 e. The fourth-order valence-corrected chi connectivity index (χ4v) is 1.93. The Balaban J connectivity index is 2.18. The van der Waals surface area contributed by atoms with E-state index in [9.17, 15) is 4.39 Å². The van der Waals surface area contributed by atoms with Gasteiger partial charge < -0.3 is 10.1 Å². The molecule has 0 bridgehead atoms. The molecule has 0 aliphatic rings. The molecule has 0 heterocycles. The molecule has 0 fully saturated rings. The smallest absolute Gasteiger partial charge is 0.133 e. The van der Waals surface area contributed by atoms with Crippen molar-refractivity contribution in [1.29, 1.82) is 0 Å². The lowest BCUT2D eigenvalue weighted by Crippen LogP contribution is -2.36. The van der Waals surface area contributed by atoms with Crippen molar-refractivity contribution in [3.05, 3.63) is 28.5 Å². The van der Waals surface area contributed by atoms with Crippen molar-refractivity contribution < 1.29 is 9.13 Å². The van der Waals surface area contributed by atoms with Crippen molar-refractivity contribution in [1.82, 2.24) is 5.32 Å². The molecule has 102 valence electrons. The lowest BCUT2D eigenvalue weighted by Gasteiger charge is -2.20. The number of rotatable bonds is 6. The summed E-state index contributed by atoms with van der Waals surface area (Å²) in [4.78, 5) is 0. The van der Waals surface area contributed by atoms with Crippen LogP contribution in [0, 0.1) is 5.82 Å². The van der Waals surface area contributed by atoms with Crippen LogP contribution in [0.2, 0.25) is 0 Å². The standard InChI is InChI=1S/C14H21BrFNO/c1-14(2,3)17-8-4-5-9-18-13-7-6-11(16)10-12(13)15/h6-7,10,17H,4-5,8-9H2,1-3H3. The van der Waals surface area contributed by atoms with E-state index in [0.29, 0.717) is 16.8 Å². The second-order valence-electron chi connectivity index (χ2n) is 5.31. The van der Waals surface area contributed by atoms with Gasteiger partial charge in [0.1, 0.15) is 11.6 Å². The van der Waals surface area contributed by atoms with Gasteiger partial charge in [0.05, 0.1) is 11.1 Å². The highest BCUT2D eigenvalue weighted by molar-refractivity contribution is 9.10. The second kappa shape index (κ2) is 7.10. The number of halogens is 2. The first-order valence-electron chi connectivity index (χ1n) is 6.21. The van der Waals surface area contributed by atoms with Gasteiger partial charge in [-0.05, 0) is 74.3 Å². The zero-order chi connectivity index (χ0) is 13.6. The first-order chi connectivity index (χ1) is 8.38. The third kappa shape index (κ3) is 6.36. The highest BCUT2D eigenvalue weighted by Gasteiger charge is 2.07. The first kappa shape index (κ1) is 15.4. The van der Waals surface area contributed by atoms with E-state index in [1.165, 1.54) is 12.1 Å². The van der Waals surface area contributed by atoms with Crippen molar-refractivity contribution >= 4 is 15.9 Å². The van der Waals surface area contributed by atoms with Crippen LogP contribution in [0.1, 0.15) is 33.6 Å². The quantitative estimate of drug-likeness (QED) is 0.796. The van der Waals surface area contributed by atoms with Gasteiger partial charge in [0.15, 0.2) is 0 Å². The largest absolute Gasteiger partial charge is 0.492 e. The van der Waals surface area contributed by atoms with Crippen LogP contribution >= 0.6 is 15.9 Å². The van der Waals surface area contributed by atoms with Gasteiger partial charge in [-0.25, -0.2) is 4.39 Å². The monoisotopic (exact) mass is 317 g/mol. The van der Waals surface area contributed by atoms with E-state index in [0.717, 1.165) is 19.4 Å². The maximum absolute atomic E-state index is 12.9. The van der Waals surface area contributed by atoms with Gasteiger partial charge in [-0.3, -0.25) is 0 Å². The summed E-state index contributed by atoms with van der Waals surface area (Å²) < 4.78 is 19.1. The van der Waals surface area contributed by atoms with Crippen LogP contribution in [0.25, 0.3) is 0 Å². The molecule has 0 aromatic heterocycles. The third-order valence-electron chi connectivity index (χ3n) is 2.38. The molecule has 1 N–H and O–H groups in total.